The summed E-state index contributed by atoms with van der Waals surface area (Å²) in [4.78, 5) is 0. The second kappa shape index (κ2) is 8.34. The number of halogens is 3. The molecular weight excluding hydrogens is 253 g/mol. The molecule has 0 atom stereocenters. The first-order valence-corrected chi connectivity index (χ1v) is 6.00. The summed E-state index contributed by atoms with van der Waals surface area (Å²) in [6, 6.07) is 5.42. The topological polar surface area (TPSA) is 24.4 Å². The molecule has 2 nitrogen and oxygen atoms in total. The van der Waals surface area contributed by atoms with Crippen molar-refractivity contribution in [3.63, 3.8) is 0 Å². The maximum absolute atomic E-state index is 12.6. The van der Waals surface area contributed by atoms with Crippen LogP contribution in [0.3, 0.4) is 0 Å². The van der Waals surface area contributed by atoms with Gasteiger partial charge in [0.25, 0.3) is 0 Å². The summed E-state index contributed by atoms with van der Waals surface area (Å²) in [6.45, 7) is 5.70. The third-order valence-corrected chi connectivity index (χ3v) is 2.06. The van der Waals surface area contributed by atoms with E-state index in [0.29, 0.717) is 5.71 Å². The number of hydrogen-bond acceptors (Lipinski definition) is 2. The molecule has 0 amide bonds. The van der Waals surface area contributed by atoms with E-state index in [1.165, 1.54) is 24.3 Å². The van der Waals surface area contributed by atoms with Crippen LogP contribution in [0, 0.1) is 0 Å². The molecule has 0 fully saturated rings. The molecule has 19 heavy (non-hydrogen) atoms. The van der Waals surface area contributed by atoms with E-state index in [-0.39, 0.29) is 5.56 Å². The van der Waals surface area contributed by atoms with Crippen molar-refractivity contribution in [2.45, 2.75) is 26.9 Å². The first-order chi connectivity index (χ1) is 8.95. The van der Waals surface area contributed by atoms with Crippen LogP contribution in [0.15, 0.2) is 35.4 Å². The summed E-state index contributed by atoms with van der Waals surface area (Å²) in [7, 11) is 1.63. The fraction of sp³-hybridized carbons (Fsp3) is 0.357. The standard InChI is InChI=1S/C12H13F3N2.C2H6/c1-9(17-16-2)7-8-10-5-3-4-6-11(10)12(13,14)15;1-2/h3-8,16H,1-2H3;1-2H3/b8-7+,17-9+;. The Morgan fingerprint density at radius 2 is 1.79 bits per heavy atom. The van der Waals surface area contributed by atoms with E-state index in [1.807, 2.05) is 13.8 Å². The van der Waals surface area contributed by atoms with E-state index < -0.39 is 11.7 Å². The summed E-state index contributed by atoms with van der Waals surface area (Å²) >= 11 is 0. The van der Waals surface area contributed by atoms with Gasteiger partial charge < -0.3 is 5.43 Å². The predicted molar refractivity (Wildman–Crippen MR) is 74.0 cm³/mol. The molecule has 1 rings (SSSR count). The predicted octanol–water partition coefficient (Wildman–Crippen LogP) is 4.34. The van der Waals surface area contributed by atoms with Gasteiger partial charge in [0.2, 0.25) is 0 Å². The molecule has 0 aliphatic heterocycles. The molecule has 0 saturated carbocycles. The molecule has 1 aromatic carbocycles. The van der Waals surface area contributed by atoms with Crippen molar-refractivity contribution in [1.29, 1.82) is 0 Å². The Labute approximate surface area is 112 Å². The zero-order valence-electron chi connectivity index (χ0n) is 11.5. The lowest BCUT2D eigenvalue weighted by molar-refractivity contribution is -0.137. The summed E-state index contributed by atoms with van der Waals surface area (Å²) in [5.41, 5.74) is 2.65. The zero-order chi connectivity index (χ0) is 14.9. The van der Waals surface area contributed by atoms with E-state index in [0.717, 1.165) is 6.07 Å². The Morgan fingerprint density at radius 1 is 1.21 bits per heavy atom. The minimum Gasteiger partial charge on any atom is -0.313 e. The Bertz CT molecular complexity index is 435. The van der Waals surface area contributed by atoms with Gasteiger partial charge in [0.05, 0.1) is 11.3 Å². The van der Waals surface area contributed by atoms with Crippen LogP contribution in [-0.4, -0.2) is 12.8 Å². The fourth-order valence-corrected chi connectivity index (χ4v) is 1.32. The van der Waals surface area contributed by atoms with Crippen LogP contribution in [0.4, 0.5) is 13.2 Å². The van der Waals surface area contributed by atoms with Gasteiger partial charge in [0, 0.05) is 7.05 Å². The summed E-state index contributed by atoms with van der Waals surface area (Å²) in [5.74, 6) is 0. The molecule has 0 aliphatic carbocycles. The lowest BCUT2D eigenvalue weighted by Gasteiger charge is -2.09. The monoisotopic (exact) mass is 272 g/mol. The molecule has 0 spiro atoms. The second-order valence-corrected chi connectivity index (χ2v) is 3.40. The van der Waals surface area contributed by atoms with E-state index >= 15 is 0 Å². The number of alkyl halides is 3. The lowest BCUT2D eigenvalue weighted by Crippen LogP contribution is -2.07. The molecular formula is C14H19F3N2. The molecule has 0 aliphatic rings. The van der Waals surface area contributed by atoms with Gasteiger partial charge in [-0.2, -0.15) is 18.3 Å². The van der Waals surface area contributed by atoms with Gasteiger partial charge in [0.1, 0.15) is 0 Å². The van der Waals surface area contributed by atoms with Gasteiger partial charge >= 0.3 is 6.18 Å². The minimum absolute atomic E-state index is 0.130. The SMILES string of the molecule is CC.CN/N=C(C)/C=C/c1ccccc1C(F)(F)F. The molecule has 0 aromatic heterocycles. The van der Waals surface area contributed by atoms with Crippen molar-refractivity contribution in [3.8, 4) is 0 Å². The van der Waals surface area contributed by atoms with Crippen molar-refractivity contribution >= 4 is 11.8 Å². The van der Waals surface area contributed by atoms with Crippen LogP contribution < -0.4 is 5.43 Å². The van der Waals surface area contributed by atoms with Crippen LogP contribution in [0.1, 0.15) is 31.9 Å². The molecule has 1 N–H and O–H groups in total. The van der Waals surface area contributed by atoms with Crippen molar-refractivity contribution in [2.24, 2.45) is 5.10 Å². The molecule has 5 heteroatoms. The van der Waals surface area contributed by atoms with Gasteiger partial charge in [0.15, 0.2) is 0 Å². The highest BCUT2D eigenvalue weighted by Gasteiger charge is 2.32. The largest absolute Gasteiger partial charge is 0.416 e. The summed E-state index contributed by atoms with van der Waals surface area (Å²) < 4.78 is 37.9. The Morgan fingerprint density at radius 3 is 2.32 bits per heavy atom. The summed E-state index contributed by atoms with van der Waals surface area (Å²) in [6.07, 6.45) is -1.41. The number of benzene rings is 1. The highest BCUT2D eigenvalue weighted by molar-refractivity contribution is 5.96. The van der Waals surface area contributed by atoms with Crippen LogP contribution >= 0.6 is 0 Å². The van der Waals surface area contributed by atoms with Gasteiger partial charge in [-0.1, -0.05) is 38.1 Å². The van der Waals surface area contributed by atoms with Crippen molar-refractivity contribution < 1.29 is 13.2 Å². The number of allylic oxidation sites excluding steroid dienone is 1. The van der Waals surface area contributed by atoms with E-state index in [9.17, 15) is 13.2 Å². The van der Waals surface area contributed by atoms with Crippen LogP contribution in [0.5, 0.6) is 0 Å². The molecule has 0 unspecified atom stereocenters. The molecule has 0 bridgehead atoms. The zero-order valence-corrected chi connectivity index (χ0v) is 11.5. The lowest BCUT2D eigenvalue weighted by atomic mass is 10.1. The minimum atomic E-state index is -4.34. The van der Waals surface area contributed by atoms with Crippen molar-refractivity contribution in [1.82, 2.24) is 5.43 Å². The quantitative estimate of drug-likeness (QED) is 0.642. The Balaban J connectivity index is 0.00000154. The van der Waals surface area contributed by atoms with Crippen molar-refractivity contribution in [3.05, 3.63) is 41.5 Å². The third kappa shape index (κ3) is 6.08. The Kier molecular flexibility index (Phi) is 7.56. The number of nitrogens with one attached hydrogen (secondary N) is 1. The molecule has 0 saturated heterocycles. The molecule has 1 aromatic rings. The summed E-state index contributed by atoms with van der Waals surface area (Å²) in [5, 5.41) is 3.83. The average Bonchev–Trinajstić information content (AvgIpc) is 2.38. The highest BCUT2D eigenvalue weighted by atomic mass is 19.4. The fourth-order valence-electron chi connectivity index (χ4n) is 1.32. The Hall–Kier alpha value is -1.78. The van der Waals surface area contributed by atoms with Gasteiger partial charge in [-0.3, -0.25) is 0 Å². The number of hydrazone groups is 1. The van der Waals surface area contributed by atoms with E-state index in [4.69, 9.17) is 0 Å². The van der Waals surface area contributed by atoms with Gasteiger partial charge in [-0.05, 0) is 24.6 Å². The normalized spacial score (nSPS) is 12.1. The van der Waals surface area contributed by atoms with E-state index in [1.54, 1.807) is 20.0 Å². The van der Waals surface area contributed by atoms with Crippen molar-refractivity contribution in [2.75, 3.05) is 7.05 Å². The number of nitrogens with zero attached hydrogens (tertiary/aromatic N) is 1. The van der Waals surface area contributed by atoms with Crippen LogP contribution in [0.2, 0.25) is 0 Å². The second-order valence-electron chi connectivity index (χ2n) is 3.40. The molecule has 0 radical (unpaired) electrons. The van der Waals surface area contributed by atoms with E-state index in [2.05, 4.69) is 10.5 Å². The van der Waals surface area contributed by atoms with Crippen LogP contribution in [-0.2, 0) is 6.18 Å². The maximum Gasteiger partial charge on any atom is 0.416 e. The van der Waals surface area contributed by atoms with Gasteiger partial charge in [-0.25, -0.2) is 0 Å². The smallest absolute Gasteiger partial charge is 0.313 e. The highest BCUT2D eigenvalue weighted by Crippen LogP contribution is 2.32. The third-order valence-electron chi connectivity index (χ3n) is 2.06. The molecule has 0 heterocycles. The number of rotatable bonds is 3. The average molecular weight is 272 g/mol. The number of hydrogen-bond donors (Lipinski definition) is 1. The van der Waals surface area contributed by atoms with Crippen LogP contribution in [0.25, 0.3) is 6.08 Å². The van der Waals surface area contributed by atoms with Gasteiger partial charge in [-0.15, -0.1) is 0 Å². The molecule has 106 valence electrons. The first kappa shape index (κ1) is 17.2. The maximum atomic E-state index is 12.6. The first-order valence-electron chi connectivity index (χ1n) is 6.00.